The molecule has 0 radical (unpaired) electrons. The van der Waals surface area contributed by atoms with Crippen LogP contribution in [0, 0.1) is 0 Å². The van der Waals surface area contributed by atoms with E-state index in [-0.39, 0.29) is 42.5 Å². The number of hydrogen-bond acceptors (Lipinski definition) is 4. The number of anilines is 1. The molecule has 2 aliphatic heterocycles. The number of guanidine groups is 1. The second-order valence-electron chi connectivity index (χ2n) is 6.79. The molecule has 0 aliphatic carbocycles. The molecule has 3 N–H and O–H groups in total. The van der Waals surface area contributed by atoms with E-state index in [0.717, 1.165) is 29.2 Å². The van der Waals surface area contributed by atoms with Gasteiger partial charge < -0.3 is 25.4 Å². The molecule has 0 bridgehead atoms. The summed E-state index contributed by atoms with van der Waals surface area (Å²) in [7, 11) is 0. The van der Waals surface area contributed by atoms with Crippen LogP contribution in [0.3, 0.4) is 0 Å². The zero-order chi connectivity index (χ0) is 19.3. The highest BCUT2D eigenvalue weighted by molar-refractivity contribution is 14.0. The third kappa shape index (κ3) is 4.92. The number of ether oxygens (including phenoxy) is 2. The zero-order valence-corrected chi connectivity index (χ0v) is 18.4. The molecular formula is C21H25IN4O3. The summed E-state index contributed by atoms with van der Waals surface area (Å²) in [6.07, 6.45) is 1.55. The quantitative estimate of drug-likeness (QED) is 0.281. The van der Waals surface area contributed by atoms with Crippen molar-refractivity contribution in [3.05, 3.63) is 54.1 Å². The van der Waals surface area contributed by atoms with Gasteiger partial charge in [-0.1, -0.05) is 30.3 Å². The molecule has 0 saturated heterocycles. The monoisotopic (exact) mass is 508 g/mol. The fourth-order valence-electron chi connectivity index (χ4n) is 3.54. The maximum Gasteiger partial charge on any atom is 0.265 e. The van der Waals surface area contributed by atoms with E-state index in [0.29, 0.717) is 32.1 Å². The van der Waals surface area contributed by atoms with Gasteiger partial charge in [0.15, 0.2) is 12.6 Å². The summed E-state index contributed by atoms with van der Waals surface area (Å²) in [6, 6.07) is 15.6. The Kier molecular flexibility index (Phi) is 7.18. The lowest BCUT2D eigenvalue weighted by atomic mass is 10.0. The van der Waals surface area contributed by atoms with Crippen LogP contribution in [0.4, 0.5) is 5.69 Å². The second kappa shape index (κ2) is 9.82. The van der Waals surface area contributed by atoms with Gasteiger partial charge in [0, 0.05) is 25.1 Å². The number of amides is 1. The number of nitrogens with one attached hydrogen (secondary N) is 1. The number of rotatable bonds is 5. The average molecular weight is 508 g/mol. The summed E-state index contributed by atoms with van der Waals surface area (Å²) in [4.78, 5) is 18.4. The van der Waals surface area contributed by atoms with Gasteiger partial charge in [-0.25, -0.2) is 0 Å². The average Bonchev–Trinajstić information content (AvgIpc) is 2.73. The maximum absolute atomic E-state index is 12.2. The number of para-hydroxylation sites is 3. The number of benzene rings is 2. The van der Waals surface area contributed by atoms with Crippen LogP contribution in [0.5, 0.6) is 11.5 Å². The number of halogens is 1. The number of carbonyl (C=O) groups excluding carboxylic acids is 1. The minimum atomic E-state index is -0.0346. The van der Waals surface area contributed by atoms with E-state index in [1.165, 1.54) is 0 Å². The highest BCUT2D eigenvalue weighted by atomic mass is 127. The van der Waals surface area contributed by atoms with Crippen molar-refractivity contribution in [3.8, 4) is 11.5 Å². The Balaban J connectivity index is 0.00000240. The van der Waals surface area contributed by atoms with Gasteiger partial charge in [0.2, 0.25) is 0 Å². The van der Waals surface area contributed by atoms with Gasteiger partial charge in [-0.15, -0.1) is 24.0 Å². The smallest absolute Gasteiger partial charge is 0.265 e. The molecular weight excluding hydrogens is 483 g/mol. The maximum atomic E-state index is 12.2. The lowest BCUT2D eigenvalue weighted by molar-refractivity contribution is -0.121. The minimum absolute atomic E-state index is 0. The SMILES string of the molecule is I.NC(=NCCCN1C(=O)COc2ccccc21)NC1CCOc2ccccc21. The lowest BCUT2D eigenvalue weighted by Gasteiger charge is -2.29. The van der Waals surface area contributed by atoms with Crippen LogP contribution in [0.25, 0.3) is 0 Å². The molecule has 7 nitrogen and oxygen atoms in total. The molecule has 2 aromatic rings. The molecule has 0 saturated carbocycles. The Labute approximate surface area is 187 Å². The van der Waals surface area contributed by atoms with Crippen molar-refractivity contribution in [2.45, 2.75) is 18.9 Å². The predicted octanol–water partition coefficient (Wildman–Crippen LogP) is 2.85. The Hall–Kier alpha value is -2.49. The van der Waals surface area contributed by atoms with Crippen LogP contribution in [-0.2, 0) is 4.79 Å². The Bertz CT molecular complexity index is 890. The first kappa shape index (κ1) is 21.2. The molecule has 1 amide bonds. The van der Waals surface area contributed by atoms with Crippen molar-refractivity contribution >= 4 is 41.5 Å². The Morgan fingerprint density at radius 3 is 2.76 bits per heavy atom. The van der Waals surface area contributed by atoms with Gasteiger partial charge in [-0.05, 0) is 24.6 Å². The predicted molar refractivity (Wildman–Crippen MR) is 123 cm³/mol. The molecule has 1 atom stereocenters. The molecule has 8 heteroatoms. The molecule has 0 spiro atoms. The standard InChI is InChI=1S/C21H24N4O3.HI/c22-21(24-16-10-13-27-18-8-3-1-6-15(16)18)23-11-5-12-25-17-7-2-4-9-19(17)28-14-20(25)26;/h1-4,6-9,16H,5,10-14H2,(H3,22,23,24);1H. The fraction of sp³-hybridized carbons (Fsp3) is 0.333. The molecule has 154 valence electrons. The number of hydrogen-bond donors (Lipinski definition) is 2. The fourth-order valence-corrected chi connectivity index (χ4v) is 3.54. The van der Waals surface area contributed by atoms with Crippen LogP contribution >= 0.6 is 24.0 Å². The first-order valence-corrected chi connectivity index (χ1v) is 9.53. The van der Waals surface area contributed by atoms with Crippen molar-refractivity contribution < 1.29 is 14.3 Å². The molecule has 2 aliphatic rings. The number of nitrogens with two attached hydrogens (primary N) is 1. The third-order valence-electron chi connectivity index (χ3n) is 4.91. The normalized spacial score (nSPS) is 17.9. The van der Waals surface area contributed by atoms with Crippen molar-refractivity contribution in [3.63, 3.8) is 0 Å². The van der Waals surface area contributed by atoms with E-state index in [9.17, 15) is 4.79 Å². The van der Waals surface area contributed by atoms with E-state index in [2.05, 4.69) is 10.3 Å². The molecule has 0 aromatic heterocycles. The highest BCUT2D eigenvalue weighted by Crippen LogP contribution is 2.32. The van der Waals surface area contributed by atoms with Gasteiger partial charge >= 0.3 is 0 Å². The van der Waals surface area contributed by atoms with E-state index >= 15 is 0 Å². The number of fused-ring (bicyclic) bond motifs is 2. The largest absolute Gasteiger partial charge is 0.493 e. The number of nitrogens with zero attached hydrogens (tertiary/aromatic N) is 2. The summed E-state index contributed by atoms with van der Waals surface area (Å²) in [6.45, 7) is 1.85. The summed E-state index contributed by atoms with van der Waals surface area (Å²) >= 11 is 0. The topological polar surface area (TPSA) is 89.2 Å². The van der Waals surface area contributed by atoms with Crippen LogP contribution in [-0.4, -0.2) is 38.2 Å². The van der Waals surface area contributed by atoms with Gasteiger partial charge in [0.05, 0.1) is 18.3 Å². The van der Waals surface area contributed by atoms with Gasteiger partial charge in [-0.3, -0.25) is 9.79 Å². The van der Waals surface area contributed by atoms with Crippen LogP contribution < -0.4 is 25.4 Å². The molecule has 4 rings (SSSR count). The van der Waals surface area contributed by atoms with Gasteiger partial charge in [-0.2, -0.15) is 0 Å². The van der Waals surface area contributed by atoms with E-state index in [1.54, 1.807) is 4.90 Å². The van der Waals surface area contributed by atoms with Crippen LogP contribution in [0.15, 0.2) is 53.5 Å². The lowest BCUT2D eigenvalue weighted by Crippen LogP contribution is -2.40. The molecule has 1 unspecified atom stereocenters. The summed E-state index contributed by atoms with van der Waals surface area (Å²) in [5.74, 6) is 2.01. The second-order valence-corrected chi connectivity index (χ2v) is 6.79. The first-order chi connectivity index (χ1) is 13.7. The first-order valence-electron chi connectivity index (χ1n) is 9.53. The van der Waals surface area contributed by atoms with Crippen LogP contribution in [0.1, 0.15) is 24.4 Å². The highest BCUT2D eigenvalue weighted by Gasteiger charge is 2.24. The van der Waals surface area contributed by atoms with Crippen molar-refractivity contribution in [2.24, 2.45) is 10.7 Å². The molecule has 0 fully saturated rings. The van der Waals surface area contributed by atoms with Crippen LogP contribution in [0.2, 0.25) is 0 Å². The Morgan fingerprint density at radius 2 is 1.90 bits per heavy atom. The number of aliphatic imine (C=N–C) groups is 1. The van der Waals surface area contributed by atoms with E-state index < -0.39 is 0 Å². The number of carbonyl (C=O) groups is 1. The third-order valence-corrected chi connectivity index (χ3v) is 4.91. The van der Waals surface area contributed by atoms with Gasteiger partial charge in [0.1, 0.15) is 11.5 Å². The van der Waals surface area contributed by atoms with E-state index in [1.807, 2.05) is 48.5 Å². The van der Waals surface area contributed by atoms with Crippen molar-refractivity contribution in [2.75, 3.05) is 31.2 Å². The van der Waals surface area contributed by atoms with E-state index in [4.69, 9.17) is 15.2 Å². The molecule has 2 heterocycles. The summed E-state index contributed by atoms with van der Waals surface area (Å²) in [5, 5.41) is 3.29. The zero-order valence-electron chi connectivity index (χ0n) is 16.0. The molecule has 29 heavy (non-hydrogen) atoms. The summed E-state index contributed by atoms with van der Waals surface area (Å²) < 4.78 is 11.1. The van der Waals surface area contributed by atoms with Crippen molar-refractivity contribution in [1.29, 1.82) is 0 Å². The molecule has 2 aromatic carbocycles. The Morgan fingerprint density at radius 1 is 1.14 bits per heavy atom. The summed E-state index contributed by atoms with van der Waals surface area (Å²) in [5.41, 5.74) is 7.99. The van der Waals surface area contributed by atoms with Crippen molar-refractivity contribution in [1.82, 2.24) is 5.32 Å². The van der Waals surface area contributed by atoms with Gasteiger partial charge in [0.25, 0.3) is 5.91 Å². The minimum Gasteiger partial charge on any atom is -0.493 e.